The molecule has 1 aromatic carbocycles. The maximum Gasteiger partial charge on any atom is 0.253 e. The molecule has 1 aromatic rings. The van der Waals surface area contributed by atoms with Gasteiger partial charge in [-0.15, -0.1) is 0 Å². The van der Waals surface area contributed by atoms with Crippen molar-refractivity contribution in [2.45, 2.75) is 31.7 Å². The summed E-state index contributed by atoms with van der Waals surface area (Å²) in [5.41, 5.74) is 7.23. The normalized spacial score (nSPS) is 22.0. The van der Waals surface area contributed by atoms with E-state index in [9.17, 15) is 9.59 Å². The second kappa shape index (κ2) is 5.85. The Morgan fingerprint density at radius 3 is 2.76 bits per heavy atom. The van der Waals surface area contributed by atoms with E-state index in [0.717, 1.165) is 32.2 Å². The lowest BCUT2D eigenvalue weighted by Crippen LogP contribution is -2.45. The quantitative estimate of drug-likeness (QED) is 0.886. The number of benzene rings is 1. The van der Waals surface area contributed by atoms with E-state index in [1.165, 1.54) is 0 Å². The molecule has 112 valence electrons. The molecule has 3 N–H and O–H groups in total. The maximum absolute atomic E-state index is 12.5. The van der Waals surface area contributed by atoms with Crippen LogP contribution in [0.2, 0.25) is 0 Å². The molecule has 1 heterocycles. The zero-order valence-electron chi connectivity index (χ0n) is 12.0. The Bertz CT molecular complexity index is 554. The highest BCUT2D eigenvalue weighted by Crippen LogP contribution is 2.30. The fourth-order valence-corrected chi connectivity index (χ4v) is 2.70. The molecular weight excluding hydrogens is 266 g/mol. The van der Waals surface area contributed by atoms with Crippen LogP contribution < -0.4 is 11.1 Å². The minimum Gasteiger partial charge on any atom is -0.337 e. The minimum absolute atomic E-state index is 0.00679. The minimum atomic E-state index is -0.00679. The summed E-state index contributed by atoms with van der Waals surface area (Å²) in [7, 11) is 0. The van der Waals surface area contributed by atoms with Crippen molar-refractivity contribution in [1.29, 1.82) is 0 Å². The second-order valence-electron chi connectivity index (χ2n) is 6.00. The summed E-state index contributed by atoms with van der Waals surface area (Å²) >= 11 is 0. The van der Waals surface area contributed by atoms with Crippen molar-refractivity contribution in [2.75, 3.05) is 18.4 Å². The van der Waals surface area contributed by atoms with Crippen molar-refractivity contribution < 1.29 is 9.59 Å². The number of anilines is 1. The number of hydrogen-bond acceptors (Lipinski definition) is 3. The molecule has 5 nitrogen and oxygen atoms in total. The van der Waals surface area contributed by atoms with Crippen molar-refractivity contribution in [3.05, 3.63) is 29.8 Å². The fourth-order valence-electron chi connectivity index (χ4n) is 2.70. The van der Waals surface area contributed by atoms with Gasteiger partial charge < -0.3 is 16.0 Å². The van der Waals surface area contributed by atoms with Gasteiger partial charge in [-0.2, -0.15) is 0 Å². The highest BCUT2D eigenvalue weighted by Gasteiger charge is 2.29. The SMILES string of the molecule is NC1CCCN(C(=O)c2cccc(NC(=O)C3CC3)c2)C1. The van der Waals surface area contributed by atoms with Crippen LogP contribution in [0, 0.1) is 5.92 Å². The van der Waals surface area contributed by atoms with Gasteiger partial charge in [0.1, 0.15) is 0 Å². The number of carbonyl (C=O) groups is 2. The first-order valence-corrected chi connectivity index (χ1v) is 7.59. The summed E-state index contributed by atoms with van der Waals surface area (Å²) < 4.78 is 0. The van der Waals surface area contributed by atoms with E-state index < -0.39 is 0 Å². The van der Waals surface area contributed by atoms with E-state index in [1.807, 2.05) is 6.07 Å². The third-order valence-electron chi connectivity index (χ3n) is 4.07. The Hall–Kier alpha value is -1.88. The van der Waals surface area contributed by atoms with Crippen LogP contribution in [-0.4, -0.2) is 35.8 Å². The largest absolute Gasteiger partial charge is 0.337 e. The van der Waals surface area contributed by atoms with Gasteiger partial charge in [-0.1, -0.05) is 6.07 Å². The third-order valence-corrected chi connectivity index (χ3v) is 4.07. The smallest absolute Gasteiger partial charge is 0.253 e. The number of nitrogens with one attached hydrogen (secondary N) is 1. The molecule has 1 aliphatic heterocycles. The fraction of sp³-hybridized carbons (Fsp3) is 0.500. The van der Waals surface area contributed by atoms with Crippen LogP contribution in [0.5, 0.6) is 0 Å². The van der Waals surface area contributed by atoms with Crippen LogP contribution >= 0.6 is 0 Å². The third kappa shape index (κ3) is 3.42. The number of hydrogen-bond donors (Lipinski definition) is 2. The van der Waals surface area contributed by atoms with Crippen molar-refractivity contribution in [3.63, 3.8) is 0 Å². The molecule has 0 radical (unpaired) electrons. The van der Waals surface area contributed by atoms with Crippen LogP contribution in [0.1, 0.15) is 36.0 Å². The van der Waals surface area contributed by atoms with Crippen LogP contribution in [-0.2, 0) is 4.79 Å². The Balaban J connectivity index is 1.69. The lowest BCUT2D eigenvalue weighted by molar-refractivity contribution is -0.117. The van der Waals surface area contributed by atoms with E-state index >= 15 is 0 Å². The molecule has 0 aromatic heterocycles. The van der Waals surface area contributed by atoms with Gasteiger partial charge in [-0.3, -0.25) is 9.59 Å². The molecule has 1 saturated carbocycles. The molecular formula is C16H21N3O2. The lowest BCUT2D eigenvalue weighted by Gasteiger charge is -2.30. The van der Waals surface area contributed by atoms with Crippen molar-refractivity contribution in [2.24, 2.45) is 11.7 Å². The van der Waals surface area contributed by atoms with Gasteiger partial charge in [0.2, 0.25) is 5.91 Å². The predicted octanol–water partition coefficient (Wildman–Crippen LogP) is 1.60. The summed E-state index contributed by atoms with van der Waals surface area (Å²) in [4.78, 5) is 26.1. The van der Waals surface area contributed by atoms with E-state index in [2.05, 4.69) is 5.32 Å². The number of piperidine rings is 1. The number of carbonyl (C=O) groups excluding carboxylic acids is 2. The van der Waals surface area contributed by atoms with Crippen LogP contribution in [0.3, 0.4) is 0 Å². The van der Waals surface area contributed by atoms with Gasteiger partial charge in [-0.05, 0) is 43.9 Å². The maximum atomic E-state index is 12.5. The molecule has 2 fully saturated rings. The molecule has 0 bridgehead atoms. The summed E-state index contributed by atoms with van der Waals surface area (Å²) in [6.07, 6.45) is 3.86. The number of likely N-dealkylation sites (tertiary alicyclic amines) is 1. The topological polar surface area (TPSA) is 75.4 Å². The van der Waals surface area contributed by atoms with E-state index in [0.29, 0.717) is 17.8 Å². The zero-order chi connectivity index (χ0) is 14.8. The number of nitrogens with zero attached hydrogens (tertiary/aromatic N) is 1. The number of amides is 2. The Morgan fingerprint density at radius 1 is 1.24 bits per heavy atom. The Morgan fingerprint density at radius 2 is 2.05 bits per heavy atom. The molecule has 1 aliphatic carbocycles. The molecule has 3 rings (SSSR count). The molecule has 2 amide bonds. The highest BCUT2D eigenvalue weighted by molar-refractivity contribution is 5.98. The van der Waals surface area contributed by atoms with E-state index in [4.69, 9.17) is 5.73 Å². The van der Waals surface area contributed by atoms with E-state index in [-0.39, 0.29) is 23.8 Å². The lowest BCUT2D eigenvalue weighted by atomic mass is 10.1. The van der Waals surface area contributed by atoms with Crippen molar-refractivity contribution in [1.82, 2.24) is 4.90 Å². The summed E-state index contributed by atoms with van der Waals surface area (Å²) in [5, 5.41) is 2.88. The molecule has 1 unspecified atom stereocenters. The molecule has 2 aliphatic rings. The van der Waals surface area contributed by atoms with Gasteiger partial charge in [0.15, 0.2) is 0 Å². The molecule has 21 heavy (non-hydrogen) atoms. The summed E-state index contributed by atoms with van der Waals surface area (Å²) in [6, 6.07) is 7.23. The number of nitrogens with two attached hydrogens (primary N) is 1. The Labute approximate surface area is 124 Å². The van der Waals surface area contributed by atoms with Crippen LogP contribution in [0.15, 0.2) is 24.3 Å². The highest BCUT2D eigenvalue weighted by atomic mass is 16.2. The van der Waals surface area contributed by atoms with Gasteiger partial charge in [0.25, 0.3) is 5.91 Å². The monoisotopic (exact) mass is 287 g/mol. The van der Waals surface area contributed by atoms with Crippen molar-refractivity contribution in [3.8, 4) is 0 Å². The molecule has 1 saturated heterocycles. The number of rotatable bonds is 3. The Kier molecular flexibility index (Phi) is 3.92. The molecule has 5 heteroatoms. The summed E-state index contributed by atoms with van der Waals surface area (Å²) in [6.45, 7) is 1.36. The van der Waals surface area contributed by atoms with Gasteiger partial charge in [-0.25, -0.2) is 0 Å². The standard InChI is InChI=1S/C16H21N3O2/c17-13-4-2-8-19(10-13)16(21)12-3-1-5-14(9-12)18-15(20)11-6-7-11/h1,3,5,9,11,13H,2,4,6-8,10,17H2,(H,18,20). The van der Waals surface area contributed by atoms with Gasteiger partial charge >= 0.3 is 0 Å². The first-order valence-electron chi connectivity index (χ1n) is 7.59. The second-order valence-corrected chi connectivity index (χ2v) is 6.00. The van der Waals surface area contributed by atoms with Crippen LogP contribution in [0.4, 0.5) is 5.69 Å². The van der Waals surface area contributed by atoms with Crippen molar-refractivity contribution >= 4 is 17.5 Å². The summed E-state index contributed by atoms with van der Waals surface area (Å²) in [5.74, 6) is 0.205. The first kappa shape index (κ1) is 14.1. The van der Waals surface area contributed by atoms with E-state index in [1.54, 1.807) is 23.1 Å². The van der Waals surface area contributed by atoms with Crippen LogP contribution in [0.25, 0.3) is 0 Å². The van der Waals surface area contributed by atoms with Gasteiger partial charge in [0.05, 0.1) is 0 Å². The average molecular weight is 287 g/mol. The molecule has 0 spiro atoms. The first-order chi connectivity index (χ1) is 10.1. The average Bonchev–Trinajstić information content (AvgIpc) is 3.31. The van der Waals surface area contributed by atoms with Gasteiger partial charge in [0, 0.05) is 36.3 Å². The predicted molar refractivity (Wildman–Crippen MR) is 80.9 cm³/mol. The zero-order valence-corrected chi connectivity index (χ0v) is 12.0. The molecule has 1 atom stereocenters.